The van der Waals surface area contributed by atoms with Gasteiger partial charge in [0.2, 0.25) is 0 Å². The molecule has 0 amide bonds. The molecule has 0 aliphatic carbocycles. The van der Waals surface area contributed by atoms with E-state index in [1.54, 1.807) is 18.4 Å². The fraction of sp³-hybridized carbons (Fsp3) is 0.333. The molecule has 0 fully saturated rings. The third kappa shape index (κ3) is 4.14. The summed E-state index contributed by atoms with van der Waals surface area (Å²) >= 11 is 1.61. The Morgan fingerprint density at radius 1 is 1.17 bits per heavy atom. The average molecular weight is 427 g/mol. The third-order valence-corrected chi connectivity index (χ3v) is 7.41. The Hall–Kier alpha value is -2.42. The number of benzene rings is 1. The quantitative estimate of drug-likeness (QED) is 0.324. The maximum atomic E-state index is 5.98. The summed E-state index contributed by atoms with van der Waals surface area (Å²) in [7, 11) is 0.565. The average Bonchev–Trinajstić information content (AvgIpc) is 3.27. The van der Waals surface area contributed by atoms with Crippen molar-refractivity contribution in [3.63, 3.8) is 0 Å². The van der Waals surface area contributed by atoms with Gasteiger partial charge in [-0.2, -0.15) is 0 Å². The van der Waals surface area contributed by atoms with E-state index in [9.17, 15) is 0 Å². The summed E-state index contributed by atoms with van der Waals surface area (Å²) < 4.78 is 14.8. The smallest absolute Gasteiger partial charge is 0.144 e. The predicted molar refractivity (Wildman–Crippen MR) is 123 cm³/mol. The first-order valence-electron chi connectivity index (χ1n) is 9.60. The highest BCUT2D eigenvalue weighted by molar-refractivity contribution is 7.16. The summed E-state index contributed by atoms with van der Waals surface area (Å²) in [6, 6.07) is 9.09. The van der Waals surface area contributed by atoms with Crippen LogP contribution in [0.1, 0.15) is 0 Å². The van der Waals surface area contributed by atoms with Crippen molar-refractivity contribution in [1.82, 2.24) is 14.5 Å². The van der Waals surface area contributed by atoms with Crippen molar-refractivity contribution in [2.45, 2.75) is 32.4 Å². The number of fused-ring (bicyclic) bond motifs is 2. The lowest BCUT2D eigenvalue weighted by atomic mass is 10.0. The SMILES string of the molecule is COc1cc2scnc2cc1-c1cn(COCC[Si](C)(C)C)c2nc(N)ccc12. The zero-order valence-electron chi connectivity index (χ0n) is 17.2. The van der Waals surface area contributed by atoms with Gasteiger partial charge in [-0.25, -0.2) is 9.97 Å². The molecule has 29 heavy (non-hydrogen) atoms. The summed E-state index contributed by atoms with van der Waals surface area (Å²) in [6.07, 6.45) is 2.07. The van der Waals surface area contributed by atoms with Crippen LogP contribution in [0.5, 0.6) is 5.75 Å². The van der Waals surface area contributed by atoms with Crippen LogP contribution >= 0.6 is 11.3 Å². The Morgan fingerprint density at radius 3 is 2.76 bits per heavy atom. The second kappa shape index (κ2) is 7.77. The first kappa shape index (κ1) is 19.9. The zero-order chi connectivity index (χ0) is 20.6. The van der Waals surface area contributed by atoms with E-state index in [0.717, 1.165) is 50.8 Å². The highest BCUT2D eigenvalue weighted by Gasteiger charge is 2.18. The van der Waals surface area contributed by atoms with Crippen LogP contribution in [0.15, 0.2) is 36.0 Å². The third-order valence-electron chi connectivity index (χ3n) is 4.91. The number of thiazole rings is 1. The van der Waals surface area contributed by atoms with Crippen molar-refractivity contribution in [3.05, 3.63) is 36.0 Å². The highest BCUT2D eigenvalue weighted by atomic mass is 32.1. The molecule has 0 aliphatic rings. The highest BCUT2D eigenvalue weighted by Crippen LogP contribution is 2.39. The number of nitrogens with two attached hydrogens (primary N) is 1. The molecule has 3 aromatic heterocycles. The number of rotatable bonds is 7. The number of nitrogen functional groups attached to an aromatic ring is 1. The number of nitrogens with zero attached hydrogens (tertiary/aromatic N) is 3. The molecule has 6 nitrogen and oxygen atoms in total. The fourth-order valence-electron chi connectivity index (χ4n) is 3.30. The number of hydrogen-bond acceptors (Lipinski definition) is 6. The van der Waals surface area contributed by atoms with Gasteiger partial charge in [-0.05, 0) is 24.2 Å². The summed E-state index contributed by atoms with van der Waals surface area (Å²) in [5.41, 5.74) is 11.6. The molecule has 0 saturated carbocycles. The molecule has 0 atom stereocenters. The van der Waals surface area contributed by atoms with Gasteiger partial charge >= 0.3 is 0 Å². The second-order valence-electron chi connectivity index (χ2n) is 8.34. The minimum absolute atomic E-state index is 0.443. The van der Waals surface area contributed by atoms with E-state index in [0.29, 0.717) is 12.5 Å². The van der Waals surface area contributed by atoms with Crippen molar-refractivity contribution >= 4 is 46.5 Å². The van der Waals surface area contributed by atoms with Crippen LogP contribution in [0.25, 0.3) is 32.4 Å². The zero-order valence-corrected chi connectivity index (χ0v) is 19.0. The largest absolute Gasteiger partial charge is 0.496 e. The summed E-state index contributed by atoms with van der Waals surface area (Å²) in [6.45, 7) is 8.24. The van der Waals surface area contributed by atoms with Gasteiger partial charge in [-0.3, -0.25) is 0 Å². The van der Waals surface area contributed by atoms with E-state index >= 15 is 0 Å². The van der Waals surface area contributed by atoms with Crippen molar-refractivity contribution in [1.29, 1.82) is 0 Å². The van der Waals surface area contributed by atoms with Crippen molar-refractivity contribution in [3.8, 4) is 16.9 Å². The molecular formula is C21H26N4O2SSi. The molecule has 0 radical (unpaired) electrons. The lowest BCUT2D eigenvalue weighted by Crippen LogP contribution is -2.22. The minimum Gasteiger partial charge on any atom is -0.496 e. The van der Waals surface area contributed by atoms with Crippen LogP contribution < -0.4 is 10.5 Å². The number of aromatic nitrogens is 3. The molecule has 0 aliphatic heterocycles. The summed E-state index contributed by atoms with van der Waals surface area (Å²) in [4.78, 5) is 9.04. The molecule has 8 heteroatoms. The lowest BCUT2D eigenvalue weighted by molar-refractivity contribution is 0.0899. The molecule has 4 rings (SSSR count). The van der Waals surface area contributed by atoms with Gasteiger partial charge in [0.05, 0.1) is 22.8 Å². The Bertz CT molecular complexity index is 1160. The Kier molecular flexibility index (Phi) is 5.33. The molecule has 2 N–H and O–H groups in total. The standard InChI is InChI=1S/C21H26N4O2SSi/c1-26-18-10-19-17(23-12-28-19)9-15(18)16-11-25(13-27-7-8-29(2,3)4)21-14(16)5-6-20(22)24-21/h5-6,9-12H,7-8,13H2,1-4H3,(H2,22,24). The molecule has 3 heterocycles. The van der Waals surface area contributed by atoms with E-state index in [4.69, 9.17) is 15.2 Å². The molecule has 0 saturated heterocycles. The van der Waals surface area contributed by atoms with E-state index < -0.39 is 8.07 Å². The maximum absolute atomic E-state index is 5.98. The normalized spacial score (nSPS) is 12.1. The maximum Gasteiger partial charge on any atom is 0.144 e. The van der Waals surface area contributed by atoms with Crippen LogP contribution in [-0.2, 0) is 11.5 Å². The Morgan fingerprint density at radius 2 is 2.00 bits per heavy atom. The van der Waals surface area contributed by atoms with Crippen LogP contribution in [-0.4, -0.2) is 36.3 Å². The number of methoxy groups -OCH3 is 1. The van der Waals surface area contributed by atoms with E-state index in [1.807, 2.05) is 28.3 Å². The molecule has 4 aromatic rings. The van der Waals surface area contributed by atoms with Gasteiger partial charge in [-0.15, -0.1) is 11.3 Å². The predicted octanol–water partition coefficient (Wildman–Crippen LogP) is 5.22. The number of hydrogen-bond donors (Lipinski definition) is 1. The first-order valence-corrected chi connectivity index (χ1v) is 14.2. The molecule has 0 spiro atoms. The van der Waals surface area contributed by atoms with E-state index in [-0.39, 0.29) is 0 Å². The van der Waals surface area contributed by atoms with Crippen molar-refractivity contribution < 1.29 is 9.47 Å². The molecular weight excluding hydrogens is 400 g/mol. The summed E-state index contributed by atoms with van der Waals surface area (Å²) in [5.74, 6) is 1.31. The fourth-order valence-corrected chi connectivity index (χ4v) is 4.74. The molecule has 1 aromatic carbocycles. The number of anilines is 1. The molecule has 0 bridgehead atoms. The summed E-state index contributed by atoms with van der Waals surface area (Å²) in [5, 5.41) is 1.01. The van der Waals surface area contributed by atoms with Crippen molar-refractivity contribution in [2.24, 2.45) is 0 Å². The number of ether oxygens (including phenoxy) is 2. The second-order valence-corrected chi connectivity index (χ2v) is 14.8. The van der Waals surface area contributed by atoms with Crippen LogP contribution in [0, 0.1) is 0 Å². The van der Waals surface area contributed by atoms with E-state index in [2.05, 4.69) is 41.9 Å². The lowest BCUT2D eigenvalue weighted by Gasteiger charge is -2.15. The van der Waals surface area contributed by atoms with Gasteiger partial charge in [0.1, 0.15) is 23.9 Å². The minimum atomic E-state index is -1.13. The Labute approximate surface area is 175 Å². The Balaban J connectivity index is 1.75. The van der Waals surface area contributed by atoms with E-state index in [1.165, 1.54) is 0 Å². The van der Waals surface area contributed by atoms with Crippen LogP contribution in [0.2, 0.25) is 25.7 Å². The van der Waals surface area contributed by atoms with Crippen LogP contribution in [0.4, 0.5) is 5.82 Å². The van der Waals surface area contributed by atoms with Gasteiger partial charge in [0.25, 0.3) is 0 Å². The monoisotopic (exact) mass is 426 g/mol. The molecule has 0 unspecified atom stereocenters. The number of pyridine rings is 1. The van der Waals surface area contributed by atoms with Gasteiger partial charge in [-0.1, -0.05) is 19.6 Å². The van der Waals surface area contributed by atoms with Gasteiger partial charge in [0.15, 0.2) is 0 Å². The topological polar surface area (TPSA) is 75.2 Å². The van der Waals surface area contributed by atoms with Crippen molar-refractivity contribution in [2.75, 3.05) is 19.5 Å². The van der Waals surface area contributed by atoms with Gasteiger partial charge in [0, 0.05) is 43.5 Å². The van der Waals surface area contributed by atoms with Gasteiger partial charge < -0.3 is 19.8 Å². The van der Waals surface area contributed by atoms with Crippen LogP contribution in [0.3, 0.4) is 0 Å². The first-order chi connectivity index (χ1) is 13.9. The molecule has 152 valence electrons.